The van der Waals surface area contributed by atoms with Gasteiger partial charge in [0.1, 0.15) is 0 Å². The Morgan fingerprint density at radius 2 is 2.33 bits per heavy atom. The number of furan rings is 1. The maximum Gasteiger partial charge on any atom is 0.372 e. The molecule has 1 aliphatic rings. The first-order valence-corrected chi connectivity index (χ1v) is 5.34. The number of carboxylic acids is 1. The van der Waals surface area contributed by atoms with Crippen molar-refractivity contribution in [2.24, 2.45) is 0 Å². The molecule has 1 aromatic rings. The number of carbonyl (C=O) groups excluding carboxylic acids is 2. The highest BCUT2D eigenvalue weighted by Crippen LogP contribution is 2.14. The van der Waals surface area contributed by atoms with Crippen LogP contribution in [0.15, 0.2) is 16.7 Å². The van der Waals surface area contributed by atoms with Crippen LogP contribution in [0.1, 0.15) is 22.5 Å². The lowest BCUT2D eigenvalue weighted by molar-refractivity contribution is -0.137. The van der Waals surface area contributed by atoms with Crippen molar-refractivity contribution in [2.45, 2.75) is 19.0 Å². The average molecular weight is 252 g/mol. The van der Waals surface area contributed by atoms with Gasteiger partial charge in [-0.05, 0) is 6.07 Å². The molecular weight excluding hydrogens is 240 g/mol. The maximum absolute atomic E-state index is 11.6. The van der Waals surface area contributed by atoms with Crippen LogP contribution in [0.3, 0.4) is 0 Å². The molecule has 1 saturated heterocycles. The third kappa shape index (κ3) is 2.12. The van der Waals surface area contributed by atoms with Crippen molar-refractivity contribution in [1.82, 2.24) is 10.2 Å². The Labute approximate surface area is 102 Å². The monoisotopic (exact) mass is 252 g/mol. The van der Waals surface area contributed by atoms with E-state index < -0.39 is 12.0 Å². The maximum atomic E-state index is 11.6. The Kier molecular flexibility index (Phi) is 3.15. The summed E-state index contributed by atoms with van der Waals surface area (Å²) in [5.41, 5.74) is 0.442. The summed E-state index contributed by atoms with van der Waals surface area (Å²) >= 11 is 0. The molecule has 1 atom stereocenters. The van der Waals surface area contributed by atoms with E-state index in [0.717, 1.165) is 4.90 Å². The van der Waals surface area contributed by atoms with Gasteiger partial charge in [0.05, 0.1) is 18.7 Å². The number of hydrogen-bond donors (Lipinski definition) is 2. The molecule has 18 heavy (non-hydrogen) atoms. The van der Waals surface area contributed by atoms with Gasteiger partial charge in [0.2, 0.25) is 17.6 Å². The van der Waals surface area contributed by atoms with Crippen molar-refractivity contribution in [3.05, 3.63) is 23.7 Å². The highest BCUT2D eigenvalue weighted by atomic mass is 16.4. The van der Waals surface area contributed by atoms with Crippen LogP contribution in [0.25, 0.3) is 0 Å². The van der Waals surface area contributed by atoms with Crippen LogP contribution in [0, 0.1) is 0 Å². The number of amides is 2. The summed E-state index contributed by atoms with van der Waals surface area (Å²) in [4.78, 5) is 34.7. The van der Waals surface area contributed by atoms with Gasteiger partial charge in [-0.3, -0.25) is 14.5 Å². The second-order valence-corrected chi connectivity index (χ2v) is 4.01. The second kappa shape index (κ2) is 4.61. The predicted molar refractivity (Wildman–Crippen MR) is 58.7 cm³/mol. The van der Waals surface area contributed by atoms with Gasteiger partial charge >= 0.3 is 5.97 Å². The van der Waals surface area contributed by atoms with Crippen molar-refractivity contribution in [3.63, 3.8) is 0 Å². The minimum Gasteiger partial charge on any atom is -0.475 e. The van der Waals surface area contributed by atoms with Crippen molar-refractivity contribution < 1.29 is 23.9 Å². The molecule has 2 N–H and O–H groups in total. The van der Waals surface area contributed by atoms with Gasteiger partial charge in [-0.2, -0.15) is 0 Å². The molecule has 0 aromatic carbocycles. The lowest BCUT2D eigenvalue weighted by Gasteiger charge is -2.10. The molecule has 0 spiro atoms. The molecule has 2 amide bonds. The highest BCUT2D eigenvalue weighted by Gasteiger charge is 2.35. The Bertz CT molecular complexity index is 507. The molecule has 0 saturated carbocycles. The number of likely N-dealkylation sites (tertiary alicyclic amines) is 1. The molecule has 1 fully saturated rings. The van der Waals surface area contributed by atoms with Gasteiger partial charge in [0.15, 0.2) is 0 Å². The minimum absolute atomic E-state index is 0.0928. The Hall–Kier alpha value is -2.15. The van der Waals surface area contributed by atoms with Crippen molar-refractivity contribution in [3.8, 4) is 0 Å². The number of likely N-dealkylation sites (N-methyl/N-ethyl adjacent to an activating group) is 1. The second-order valence-electron chi connectivity index (χ2n) is 4.01. The molecular formula is C11H12N2O5. The number of nitrogens with one attached hydrogen (secondary N) is 1. The van der Waals surface area contributed by atoms with Gasteiger partial charge in [-0.1, -0.05) is 0 Å². The van der Waals surface area contributed by atoms with E-state index in [1.165, 1.54) is 19.4 Å². The summed E-state index contributed by atoms with van der Waals surface area (Å²) in [6, 6.07) is 0.917. The molecule has 1 aliphatic heterocycles. The van der Waals surface area contributed by atoms with Crippen LogP contribution in [0.4, 0.5) is 0 Å². The molecule has 0 radical (unpaired) electrons. The van der Waals surface area contributed by atoms with E-state index in [4.69, 9.17) is 9.52 Å². The smallest absolute Gasteiger partial charge is 0.372 e. The zero-order valence-corrected chi connectivity index (χ0v) is 9.67. The van der Waals surface area contributed by atoms with Gasteiger partial charge < -0.3 is 14.8 Å². The number of aromatic carboxylic acids is 1. The number of nitrogens with zero attached hydrogens (tertiary/aromatic N) is 1. The zero-order chi connectivity index (χ0) is 13.3. The first kappa shape index (κ1) is 12.3. The van der Waals surface area contributed by atoms with Crippen LogP contribution < -0.4 is 5.32 Å². The number of carbonyl (C=O) groups is 3. The molecule has 1 aromatic heterocycles. The van der Waals surface area contributed by atoms with Crippen LogP contribution in [-0.2, 0) is 16.1 Å². The molecule has 0 aliphatic carbocycles. The zero-order valence-electron chi connectivity index (χ0n) is 9.67. The fourth-order valence-electron chi connectivity index (χ4n) is 1.81. The molecule has 1 unspecified atom stereocenters. The first-order chi connectivity index (χ1) is 8.50. The lowest BCUT2D eigenvalue weighted by atomic mass is 10.2. The van der Waals surface area contributed by atoms with Crippen molar-refractivity contribution >= 4 is 17.8 Å². The predicted octanol–water partition coefficient (Wildman–Crippen LogP) is -0.175. The van der Waals surface area contributed by atoms with Gasteiger partial charge in [0, 0.05) is 19.2 Å². The fraction of sp³-hybridized carbons (Fsp3) is 0.364. The number of rotatable bonds is 4. The Morgan fingerprint density at radius 3 is 2.89 bits per heavy atom. The average Bonchev–Trinajstić information content (AvgIpc) is 2.88. The van der Waals surface area contributed by atoms with Crippen LogP contribution in [0.5, 0.6) is 0 Å². The van der Waals surface area contributed by atoms with Crippen molar-refractivity contribution in [1.29, 1.82) is 0 Å². The number of carboxylic acid groups (broad SMARTS) is 1. The molecule has 7 heteroatoms. The summed E-state index contributed by atoms with van der Waals surface area (Å²) in [7, 11) is 1.42. The van der Waals surface area contributed by atoms with Gasteiger partial charge in [-0.15, -0.1) is 0 Å². The third-order valence-corrected chi connectivity index (χ3v) is 2.86. The molecule has 7 nitrogen and oxygen atoms in total. The third-order valence-electron chi connectivity index (χ3n) is 2.86. The molecule has 0 bridgehead atoms. The van der Waals surface area contributed by atoms with E-state index in [1.807, 2.05) is 0 Å². The summed E-state index contributed by atoms with van der Waals surface area (Å²) in [6.07, 6.45) is 1.36. The van der Waals surface area contributed by atoms with Gasteiger partial charge in [0.25, 0.3) is 0 Å². The van der Waals surface area contributed by atoms with E-state index in [2.05, 4.69) is 5.32 Å². The van der Waals surface area contributed by atoms with E-state index in [-0.39, 0.29) is 30.5 Å². The largest absolute Gasteiger partial charge is 0.475 e. The SMILES string of the molecule is CN1C(=O)CC(NCc2ccoc2C(=O)O)C1=O. The standard InChI is InChI=1S/C11H12N2O5/c1-13-8(14)4-7(10(13)15)12-5-6-2-3-18-9(6)11(16)17/h2-3,7,12H,4-5H2,1H3,(H,16,17). The van der Waals surface area contributed by atoms with Crippen LogP contribution >= 0.6 is 0 Å². The van der Waals surface area contributed by atoms with Crippen LogP contribution in [0.2, 0.25) is 0 Å². The summed E-state index contributed by atoms with van der Waals surface area (Å²) in [6.45, 7) is 0.162. The summed E-state index contributed by atoms with van der Waals surface area (Å²) in [5.74, 6) is -1.88. The molecule has 96 valence electrons. The van der Waals surface area contributed by atoms with Crippen LogP contribution in [-0.4, -0.2) is 40.9 Å². The highest BCUT2D eigenvalue weighted by molar-refractivity contribution is 6.05. The van der Waals surface area contributed by atoms with E-state index in [1.54, 1.807) is 0 Å². The Balaban J connectivity index is 2.00. The number of hydrogen-bond acceptors (Lipinski definition) is 5. The number of imide groups is 1. The quantitative estimate of drug-likeness (QED) is 0.721. The normalized spacial score (nSPS) is 19.6. The summed E-state index contributed by atoms with van der Waals surface area (Å²) in [5, 5.41) is 11.7. The van der Waals surface area contributed by atoms with E-state index >= 15 is 0 Å². The van der Waals surface area contributed by atoms with E-state index in [0.29, 0.717) is 5.56 Å². The Morgan fingerprint density at radius 1 is 1.61 bits per heavy atom. The summed E-state index contributed by atoms with van der Waals surface area (Å²) < 4.78 is 4.81. The molecule has 2 heterocycles. The lowest BCUT2D eigenvalue weighted by Crippen LogP contribution is -2.36. The van der Waals surface area contributed by atoms with Crippen molar-refractivity contribution in [2.75, 3.05) is 7.05 Å². The fourth-order valence-corrected chi connectivity index (χ4v) is 1.81. The topological polar surface area (TPSA) is 99.8 Å². The molecule has 2 rings (SSSR count). The minimum atomic E-state index is -1.16. The first-order valence-electron chi connectivity index (χ1n) is 5.34. The van der Waals surface area contributed by atoms with Gasteiger partial charge in [-0.25, -0.2) is 4.79 Å². The van der Waals surface area contributed by atoms with E-state index in [9.17, 15) is 14.4 Å².